The standard InChI is InChI=1S/C9H6O5/c10-5-14-9(13)7-3-1-6(2-4-7)8(11)12/h1-5H,(H,11,12). The Bertz CT molecular complexity index is 365. The first kappa shape index (κ1) is 9.91. The summed E-state index contributed by atoms with van der Waals surface area (Å²) in [5.41, 5.74) is 0.190. The molecule has 0 unspecified atom stereocenters. The van der Waals surface area contributed by atoms with Crippen molar-refractivity contribution in [1.29, 1.82) is 0 Å². The van der Waals surface area contributed by atoms with Gasteiger partial charge in [-0.3, -0.25) is 4.79 Å². The second kappa shape index (κ2) is 4.18. The molecule has 0 aliphatic carbocycles. The number of esters is 1. The normalized spacial score (nSPS) is 9.14. The topological polar surface area (TPSA) is 80.7 Å². The highest BCUT2D eigenvalue weighted by Gasteiger charge is 2.08. The number of ether oxygens (including phenoxy) is 1. The summed E-state index contributed by atoms with van der Waals surface area (Å²) in [4.78, 5) is 31.2. The van der Waals surface area contributed by atoms with E-state index in [-0.39, 0.29) is 17.6 Å². The summed E-state index contributed by atoms with van der Waals surface area (Å²) < 4.78 is 4.06. The third-order valence-corrected chi connectivity index (χ3v) is 1.52. The van der Waals surface area contributed by atoms with Crippen molar-refractivity contribution in [2.24, 2.45) is 0 Å². The van der Waals surface area contributed by atoms with E-state index in [1.165, 1.54) is 24.3 Å². The zero-order chi connectivity index (χ0) is 10.6. The van der Waals surface area contributed by atoms with Crippen LogP contribution >= 0.6 is 0 Å². The van der Waals surface area contributed by atoms with Crippen molar-refractivity contribution in [2.75, 3.05) is 0 Å². The highest BCUT2D eigenvalue weighted by molar-refractivity contribution is 5.94. The van der Waals surface area contributed by atoms with E-state index in [1.54, 1.807) is 0 Å². The zero-order valence-electron chi connectivity index (χ0n) is 6.97. The molecule has 0 aliphatic rings. The third-order valence-electron chi connectivity index (χ3n) is 1.52. The largest absolute Gasteiger partial charge is 0.478 e. The summed E-state index contributed by atoms with van der Waals surface area (Å²) >= 11 is 0. The van der Waals surface area contributed by atoms with Crippen LogP contribution in [-0.2, 0) is 9.53 Å². The number of hydrogen-bond donors (Lipinski definition) is 1. The second-order valence-corrected chi connectivity index (χ2v) is 2.38. The lowest BCUT2D eigenvalue weighted by molar-refractivity contribution is -0.123. The average molecular weight is 194 g/mol. The van der Waals surface area contributed by atoms with Gasteiger partial charge in [-0.25, -0.2) is 9.59 Å². The van der Waals surface area contributed by atoms with Gasteiger partial charge in [0, 0.05) is 0 Å². The van der Waals surface area contributed by atoms with Crippen LogP contribution in [0.15, 0.2) is 24.3 Å². The molecule has 0 heterocycles. The number of benzene rings is 1. The monoisotopic (exact) mass is 194 g/mol. The number of carboxylic acid groups (broad SMARTS) is 1. The quantitative estimate of drug-likeness (QED) is 0.435. The second-order valence-electron chi connectivity index (χ2n) is 2.38. The van der Waals surface area contributed by atoms with Gasteiger partial charge in [0.2, 0.25) is 0 Å². The molecule has 0 amide bonds. The van der Waals surface area contributed by atoms with Gasteiger partial charge in [0.05, 0.1) is 11.1 Å². The fraction of sp³-hybridized carbons (Fsp3) is 0. The third kappa shape index (κ3) is 2.16. The Hall–Kier alpha value is -2.17. The van der Waals surface area contributed by atoms with Crippen molar-refractivity contribution in [3.8, 4) is 0 Å². The maximum absolute atomic E-state index is 10.9. The Morgan fingerprint density at radius 1 is 1.14 bits per heavy atom. The number of rotatable bonds is 3. The lowest BCUT2D eigenvalue weighted by Gasteiger charge is -1.97. The van der Waals surface area contributed by atoms with Crippen molar-refractivity contribution in [3.63, 3.8) is 0 Å². The van der Waals surface area contributed by atoms with Gasteiger partial charge in [-0.05, 0) is 24.3 Å². The van der Waals surface area contributed by atoms with Crippen molar-refractivity contribution >= 4 is 18.4 Å². The number of carboxylic acids is 1. The molecule has 5 heteroatoms. The average Bonchev–Trinajstić information content (AvgIpc) is 2.18. The van der Waals surface area contributed by atoms with Gasteiger partial charge in [-0.2, -0.15) is 0 Å². The zero-order valence-corrected chi connectivity index (χ0v) is 6.97. The Labute approximate surface area is 78.9 Å². The maximum atomic E-state index is 10.9. The van der Waals surface area contributed by atoms with Crippen LogP contribution in [0.1, 0.15) is 20.7 Å². The van der Waals surface area contributed by atoms with Crippen LogP contribution in [0, 0.1) is 0 Å². The first-order valence-electron chi connectivity index (χ1n) is 3.63. The van der Waals surface area contributed by atoms with E-state index in [0.717, 1.165) is 0 Å². The van der Waals surface area contributed by atoms with E-state index >= 15 is 0 Å². The number of carbonyl (C=O) groups is 3. The summed E-state index contributed by atoms with van der Waals surface area (Å²) in [6.07, 6.45) is 0. The molecule has 0 aromatic heterocycles. The van der Waals surface area contributed by atoms with Crippen LogP contribution < -0.4 is 0 Å². The molecule has 0 spiro atoms. The summed E-state index contributed by atoms with van der Waals surface area (Å²) in [5, 5.41) is 8.55. The van der Waals surface area contributed by atoms with Gasteiger partial charge in [-0.1, -0.05) is 0 Å². The van der Waals surface area contributed by atoms with Crippen LogP contribution in [0.4, 0.5) is 0 Å². The number of aromatic carboxylic acids is 1. The summed E-state index contributed by atoms with van der Waals surface area (Å²) in [6, 6.07) is 5.05. The minimum absolute atomic E-state index is 0.0213. The smallest absolute Gasteiger partial charge is 0.345 e. The molecule has 0 atom stereocenters. The van der Waals surface area contributed by atoms with Crippen LogP contribution in [0.25, 0.3) is 0 Å². The van der Waals surface area contributed by atoms with E-state index in [4.69, 9.17) is 5.11 Å². The molecule has 0 saturated carbocycles. The van der Waals surface area contributed by atoms with Gasteiger partial charge in [0.25, 0.3) is 0 Å². The molecule has 1 rings (SSSR count). The Morgan fingerprint density at radius 2 is 1.64 bits per heavy atom. The Kier molecular flexibility index (Phi) is 2.96. The van der Waals surface area contributed by atoms with Gasteiger partial charge < -0.3 is 9.84 Å². The molecule has 0 fully saturated rings. The summed E-state index contributed by atoms with van der Waals surface area (Å²) in [7, 11) is 0. The minimum Gasteiger partial charge on any atom is -0.478 e. The van der Waals surface area contributed by atoms with E-state index in [9.17, 15) is 14.4 Å². The first-order chi connectivity index (χ1) is 6.65. The van der Waals surface area contributed by atoms with Gasteiger partial charge in [0.15, 0.2) is 0 Å². The lowest BCUT2D eigenvalue weighted by atomic mass is 10.1. The fourth-order valence-corrected chi connectivity index (χ4v) is 0.861. The van der Waals surface area contributed by atoms with Gasteiger partial charge in [0.1, 0.15) is 0 Å². The molecule has 0 bridgehead atoms. The molecule has 72 valence electrons. The molecule has 1 N–H and O–H groups in total. The highest BCUT2D eigenvalue weighted by atomic mass is 16.6. The molecule has 1 aromatic carbocycles. The maximum Gasteiger partial charge on any atom is 0.345 e. The molecule has 5 nitrogen and oxygen atoms in total. The van der Waals surface area contributed by atoms with Gasteiger partial charge in [-0.15, -0.1) is 0 Å². The minimum atomic E-state index is -1.08. The summed E-state index contributed by atoms with van der Waals surface area (Å²) in [5.74, 6) is -1.89. The number of carbonyl (C=O) groups excluding carboxylic acids is 2. The molecular formula is C9H6O5. The highest BCUT2D eigenvalue weighted by Crippen LogP contribution is 2.05. The SMILES string of the molecule is O=COC(=O)c1ccc(C(=O)O)cc1. The molecule has 14 heavy (non-hydrogen) atoms. The molecule has 0 radical (unpaired) electrons. The van der Waals surface area contributed by atoms with Gasteiger partial charge >= 0.3 is 18.4 Å². The van der Waals surface area contributed by atoms with Crippen molar-refractivity contribution in [2.45, 2.75) is 0 Å². The lowest BCUT2D eigenvalue weighted by Crippen LogP contribution is -2.04. The van der Waals surface area contributed by atoms with Crippen molar-refractivity contribution in [3.05, 3.63) is 35.4 Å². The fourth-order valence-electron chi connectivity index (χ4n) is 0.861. The molecule has 0 aliphatic heterocycles. The van der Waals surface area contributed by atoms with Crippen molar-refractivity contribution < 1.29 is 24.2 Å². The summed E-state index contributed by atoms with van der Waals surface area (Å²) in [6.45, 7) is 0.0213. The predicted octanol–water partition coefficient (Wildman–Crippen LogP) is 0.698. The van der Waals surface area contributed by atoms with E-state index in [0.29, 0.717) is 0 Å². The van der Waals surface area contributed by atoms with Crippen LogP contribution in [-0.4, -0.2) is 23.5 Å². The predicted molar refractivity (Wildman–Crippen MR) is 44.9 cm³/mol. The molecule has 0 saturated heterocycles. The van der Waals surface area contributed by atoms with E-state index in [1.807, 2.05) is 0 Å². The van der Waals surface area contributed by atoms with Crippen molar-refractivity contribution in [1.82, 2.24) is 0 Å². The Balaban J connectivity index is 2.88. The Morgan fingerprint density at radius 3 is 2.07 bits per heavy atom. The first-order valence-corrected chi connectivity index (χ1v) is 3.63. The van der Waals surface area contributed by atoms with Crippen LogP contribution in [0.3, 0.4) is 0 Å². The van der Waals surface area contributed by atoms with E-state index in [2.05, 4.69) is 4.74 Å². The van der Waals surface area contributed by atoms with E-state index < -0.39 is 11.9 Å². The number of hydrogen-bond acceptors (Lipinski definition) is 4. The molecule has 1 aromatic rings. The molecular weight excluding hydrogens is 188 g/mol. The van der Waals surface area contributed by atoms with Crippen LogP contribution in [0.5, 0.6) is 0 Å². The van der Waals surface area contributed by atoms with Crippen LogP contribution in [0.2, 0.25) is 0 Å².